The highest BCUT2D eigenvalue weighted by atomic mass is 16.5. The van der Waals surface area contributed by atoms with E-state index in [1.165, 1.54) is 0 Å². The van der Waals surface area contributed by atoms with Crippen LogP contribution >= 0.6 is 0 Å². The number of nitrogens with one attached hydrogen (secondary N) is 1. The van der Waals surface area contributed by atoms with Crippen LogP contribution in [-0.4, -0.2) is 31.5 Å². The molecule has 0 radical (unpaired) electrons. The number of hydrogen-bond donors (Lipinski definition) is 1. The van der Waals surface area contributed by atoms with Crippen molar-refractivity contribution in [2.75, 3.05) is 26.0 Å². The number of methoxy groups -OCH3 is 1. The van der Waals surface area contributed by atoms with Gasteiger partial charge in [0.15, 0.2) is 0 Å². The second-order valence-corrected chi connectivity index (χ2v) is 5.23. The van der Waals surface area contributed by atoms with Crippen LogP contribution in [0.4, 0.5) is 5.69 Å². The first-order valence-corrected chi connectivity index (χ1v) is 7.23. The molecule has 2 aromatic rings. The van der Waals surface area contributed by atoms with Gasteiger partial charge in [0.25, 0.3) is 0 Å². The molecule has 1 N–H and O–H groups in total. The van der Waals surface area contributed by atoms with Gasteiger partial charge in [-0.3, -0.25) is 9.69 Å². The minimum absolute atomic E-state index is 0.149. The van der Waals surface area contributed by atoms with Gasteiger partial charge in [-0.15, -0.1) is 0 Å². The number of nitriles is 1. The molecule has 0 fully saturated rings. The predicted octanol–water partition coefficient (Wildman–Crippen LogP) is 2.64. The van der Waals surface area contributed by atoms with Gasteiger partial charge in [-0.1, -0.05) is 24.3 Å². The number of ether oxygens (including phenoxy) is 1. The molecule has 0 heterocycles. The third kappa shape index (κ3) is 4.83. The van der Waals surface area contributed by atoms with Gasteiger partial charge < -0.3 is 10.1 Å². The van der Waals surface area contributed by atoms with E-state index in [4.69, 9.17) is 10.00 Å². The van der Waals surface area contributed by atoms with E-state index in [0.29, 0.717) is 17.8 Å². The summed E-state index contributed by atoms with van der Waals surface area (Å²) in [5.41, 5.74) is 2.09. The van der Waals surface area contributed by atoms with Crippen LogP contribution in [0, 0.1) is 11.3 Å². The molecule has 0 aliphatic heterocycles. The molecule has 0 spiro atoms. The maximum absolute atomic E-state index is 12.1. The number of anilines is 1. The van der Waals surface area contributed by atoms with Crippen molar-refractivity contribution in [3.8, 4) is 11.8 Å². The minimum atomic E-state index is -0.149. The Morgan fingerprint density at radius 1 is 1.22 bits per heavy atom. The molecule has 0 saturated heterocycles. The smallest absolute Gasteiger partial charge is 0.238 e. The third-order valence-corrected chi connectivity index (χ3v) is 3.35. The summed E-state index contributed by atoms with van der Waals surface area (Å²) in [4.78, 5) is 14.0. The van der Waals surface area contributed by atoms with E-state index >= 15 is 0 Å². The Hall–Kier alpha value is -2.84. The summed E-state index contributed by atoms with van der Waals surface area (Å²) in [6, 6.07) is 16.8. The maximum atomic E-state index is 12.1. The number of rotatable bonds is 6. The van der Waals surface area contributed by atoms with E-state index in [0.717, 1.165) is 11.3 Å². The van der Waals surface area contributed by atoms with Crippen molar-refractivity contribution in [3.05, 3.63) is 59.7 Å². The van der Waals surface area contributed by atoms with Crippen LogP contribution in [0.1, 0.15) is 11.1 Å². The number of likely N-dealkylation sites (N-methyl/N-ethyl adjacent to an activating group) is 1. The minimum Gasteiger partial charge on any atom is -0.497 e. The van der Waals surface area contributed by atoms with Gasteiger partial charge in [0, 0.05) is 6.54 Å². The van der Waals surface area contributed by atoms with E-state index in [2.05, 4.69) is 11.4 Å². The molecule has 0 aliphatic rings. The summed E-state index contributed by atoms with van der Waals surface area (Å²) in [5.74, 6) is 0.658. The summed E-state index contributed by atoms with van der Waals surface area (Å²) in [6.45, 7) is 0.892. The highest BCUT2D eigenvalue weighted by Gasteiger charge is 2.09. The van der Waals surface area contributed by atoms with E-state index in [1.807, 2.05) is 36.2 Å². The van der Waals surface area contributed by atoms with E-state index in [1.54, 1.807) is 31.4 Å². The summed E-state index contributed by atoms with van der Waals surface area (Å²) < 4.78 is 5.12. The fourth-order valence-corrected chi connectivity index (χ4v) is 2.22. The lowest BCUT2D eigenvalue weighted by molar-refractivity contribution is -0.117. The van der Waals surface area contributed by atoms with Crippen molar-refractivity contribution in [2.45, 2.75) is 6.54 Å². The second kappa shape index (κ2) is 7.97. The monoisotopic (exact) mass is 309 g/mol. The van der Waals surface area contributed by atoms with Crippen LogP contribution in [0.3, 0.4) is 0 Å². The zero-order valence-corrected chi connectivity index (χ0v) is 13.2. The van der Waals surface area contributed by atoms with Crippen molar-refractivity contribution in [2.24, 2.45) is 0 Å². The first-order valence-electron chi connectivity index (χ1n) is 7.23. The van der Waals surface area contributed by atoms with Crippen LogP contribution in [0.15, 0.2) is 48.5 Å². The molecular weight excluding hydrogens is 290 g/mol. The molecule has 118 valence electrons. The van der Waals surface area contributed by atoms with Gasteiger partial charge in [-0.25, -0.2) is 0 Å². The second-order valence-electron chi connectivity index (χ2n) is 5.23. The zero-order valence-electron chi connectivity index (χ0n) is 13.2. The van der Waals surface area contributed by atoms with Gasteiger partial charge in [0.05, 0.1) is 24.9 Å². The Balaban J connectivity index is 1.90. The molecule has 5 nitrogen and oxygen atoms in total. The van der Waals surface area contributed by atoms with Gasteiger partial charge in [0.1, 0.15) is 11.8 Å². The molecule has 2 rings (SSSR count). The average Bonchev–Trinajstić information content (AvgIpc) is 2.55. The van der Waals surface area contributed by atoms with E-state index in [-0.39, 0.29) is 12.5 Å². The van der Waals surface area contributed by atoms with Crippen molar-refractivity contribution in [1.29, 1.82) is 5.26 Å². The summed E-state index contributed by atoms with van der Waals surface area (Å²) >= 11 is 0. The largest absolute Gasteiger partial charge is 0.497 e. The van der Waals surface area contributed by atoms with Crippen molar-refractivity contribution < 1.29 is 9.53 Å². The number of hydrogen-bond acceptors (Lipinski definition) is 4. The predicted molar refractivity (Wildman–Crippen MR) is 89.1 cm³/mol. The molecule has 23 heavy (non-hydrogen) atoms. The molecule has 0 bridgehead atoms. The Bertz CT molecular complexity index is 705. The summed E-state index contributed by atoms with van der Waals surface area (Å²) in [6.07, 6.45) is 0. The number of benzene rings is 2. The molecule has 0 aromatic heterocycles. The number of nitrogens with zero attached hydrogens (tertiary/aromatic N) is 2. The lowest BCUT2D eigenvalue weighted by Crippen LogP contribution is -2.30. The normalized spacial score (nSPS) is 10.2. The lowest BCUT2D eigenvalue weighted by Gasteiger charge is -2.17. The van der Waals surface area contributed by atoms with Gasteiger partial charge in [-0.05, 0) is 36.9 Å². The van der Waals surface area contributed by atoms with Crippen molar-refractivity contribution in [1.82, 2.24) is 4.90 Å². The highest BCUT2D eigenvalue weighted by Crippen LogP contribution is 2.14. The topological polar surface area (TPSA) is 65.4 Å². The highest BCUT2D eigenvalue weighted by molar-refractivity contribution is 5.93. The molecule has 0 saturated carbocycles. The molecule has 5 heteroatoms. The lowest BCUT2D eigenvalue weighted by atomic mass is 10.2. The van der Waals surface area contributed by atoms with Gasteiger partial charge >= 0.3 is 0 Å². The summed E-state index contributed by atoms with van der Waals surface area (Å²) in [5, 5.41) is 11.8. The molecular formula is C18H19N3O2. The number of para-hydroxylation sites is 1. The summed E-state index contributed by atoms with van der Waals surface area (Å²) in [7, 11) is 3.50. The van der Waals surface area contributed by atoms with Crippen LogP contribution in [-0.2, 0) is 11.3 Å². The number of amides is 1. The molecule has 0 atom stereocenters. The Morgan fingerprint density at radius 3 is 2.57 bits per heavy atom. The van der Waals surface area contributed by atoms with Crippen molar-refractivity contribution >= 4 is 11.6 Å². The number of carbonyl (C=O) groups is 1. The van der Waals surface area contributed by atoms with Crippen LogP contribution in [0.5, 0.6) is 5.75 Å². The standard InChI is InChI=1S/C18H19N3O2/c1-21(12-14-7-9-16(23-2)10-8-14)13-18(22)20-17-6-4-3-5-15(17)11-19/h3-10H,12-13H2,1-2H3,(H,20,22). The van der Waals surface area contributed by atoms with Crippen LogP contribution in [0.2, 0.25) is 0 Å². The third-order valence-electron chi connectivity index (χ3n) is 3.35. The molecule has 1 amide bonds. The molecule has 2 aromatic carbocycles. The maximum Gasteiger partial charge on any atom is 0.238 e. The zero-order chi connectivity index (χ0) is 16.7. The molecule has 0 aliphatic carbocycles. The molecule has 0 unspecified atom stereocenters. The first kappa shape index (κ1) is 16.5. The Kier molecular flexibility index (Phi) is 5.73. The fourth-order valence-electron chi connectivity index (χ4n) is 2.22. The quantitative estimate of drug-likeness (QED) is 0.891. The van der Waals surface area contributed by atoms with Crippen LogP contribution in [0.25, 0.3) is 0 Å². The Morgan fingerprint density at radius 2 is 1.91 bits per heavy atom. The SMILES string of the molecule is COc1ccc(CN(C)CC(=O)Nc2ccccc2C#N)cc1. The first-order chi connectivity index (χ1) is 11.1. The van der Waals surface area contributed by atoms with Gasteiger partial charge in [0.2, 0.25) is 5.91 Å². The van der Waals surface area contributed by atoms with E-state index < -0.39 is 0 Å². The number of carbonyl (C=O) groups excluding carboxylic acids is 1. The van der Waals surface area contributed by atoms with Gasteiger partial charge in [-0.2, -0.15) is 5.26 Å². The Labute approximate surface area is 136 Å². The van der Waals surface area contributed by atoms with Crippen molar-refractivity contribution in [3.63, 3.8) is 0 Å². The average molecular weight is 309 g/mol. The van der Waals surface area contributed by atoms with E-state index in [9.17, 15) is 4.79 Å². The van der Waals surface area contributed by atoms with Crippen LogP contribution < -0.4 is 10.1 Å². The fraction of sp³-hybridized carbons (Fsp3) is 0.222.